The van der Waals surface area contributed by atoms with Crippen LogP contribution in [-0.4, -0.2) is 29.7 Å². The molecule has 0 fully saturated rings. The molecule has 0 N–H and O–H groups in total. The maximum atomic E-state index is 11.6. The standard InChI is InChI=1S/C10H16ClNO2/c1-10(2,3)14-9(13)12-6-4-8(11)5-7-12/h4H,5-7H2,1-3H3. The molecule has 4 heteroatoms. The summed E-state index contributed by atoms with van der Waals surface area (Å²) in [5.41, 5.74) is -0.429. The second-order valence-corrected chi connectivity index (χ2v) is 4.81. The Bertz CT molecular complexity index is 255. The Kier molecular flexibility index (Phi) is 3.43. The van der Waals surface area contributed by atoms with Crippen molar-refractivity contribution in [2.75, 3.05) is 13.1 Å². The summed E-state index contributed by atoms with van der Waals surface area (Å²) in [5.74, 6) is 0. The fraction of sp³-hybridized carbons (Fsp3) is 0.700. The predicted octanol–water partition coefficient (Wildman–Crippen LogP) is 2.75. The van der Waals surface area contributed by atoms with Crippen molar-refractivity contribution in [2.45, 2.75) is 32.8 Å². The topological polar surface area (TPSA) is 29.5 Å². The predicted molar refractivity (Wildman–Crippen MR) is 56.4 cm³/mol. The van der Waals surface area contributed by atoms with Crippen LogP contribution in [0, 0.1) is 0 Å². The Morgan fingerprint density at radius 2 is 2.21 bits per heavy atom. The molecule has 0 aromatic carbocycles. The molecule has 1 aliphatic rings. The maximum absolute atomic E-state index is 11.6. The number of nitrogens with zero attached hydrogens (tertiary/aromatic N) is 1. The van der Waals surface area contributed by atoms with Crippen molar-refractivity contribution in [3.8, 4) is 0 Å². The van der Waals surface area contributed by atoms with Gasteiger partial charge in [-0.3, -0.25) is 0 Å². The van der Waals surface area contributed by atoms with E-state index in [9.17, 15) is 4.79 Å². The van der Waals surface area contributed by atoms with Crippen molar-refractivity contribution >= 4 is 17.7 Å². The molecule has 1 rings (SSSR count). The third kappa shape index (κ3) is 3.58. The molecule has 14 heavy (non-hydrogen) atoms. The minimum absolute atomic E-state index is 0.266. The van der Waals surface area contributed by atoms with Crippen molar-refractivity contribution in [3.05, 3.63) is 11.1 Å². The van der Waals surface area contributed by atoms with Gasteiger partial charge in [0.15, 0.2) is 0 Å². The number of rotatable bonds is 0. The Morgan fingerprint density at radius 1 is 1.57 bits per heavy atom. The quantitative estimate of drug-likeness (QED) is 0.625. The summed E-state index contributed by atoms with van der Waals surface area (Å²) in [6.07, 6.45) is 2.30. The highest BCUT2D eigenvalue weighted by molar-refractivity contribution is 6.29. The van der Waals surface area contributed by atoms with Crippen LogP contribution in [0.1, 0.15) is 27.2 Å². The summed E-state index contributed by atoms with van der Waals surface area (Å²) in [4.78, 5) is 13.2. The zero-order chi connectivity index (χ0) is 10.8. The minimum atomic E-state index is -0.429. The van der Waals surface area contributed by atoms with Gasteiger partial charge in [0, 0.05) is 24.5 Å². The molecule has 0 aromatic rings. The molecule has 0 saturated carbocycles. The molecule has 0 spiro atoms. The molecule has 1 amide bonds. The van der Waals surface area contributed by atoms with Crippen molar-refractivity contribution < 1.29 is 9.53 Å². The first-order valence-electron chi connectivity index (χ1n) is 4.71. The Hall–Kier alpha value is -0.700. The first kappa shape index (κ1) is 11.4. The average molecular weight is 218 g/mol. The van der Waals surface area contributed by atoms with Gasteiger partial charge in [0.05, 0.1) is 0 Å². The molecule has 3 nitrogen and oxygen atoms in total. The molecule has 0 unspecified atom stereocenters. The SMILES string of the molecule is CC(C)(C)OC(=O)N1CC=C(Cl)CC1. The number of hydrogen-bond donors (Lipinski definition) is 0. The molecule has 1 aliphatic heterocycles. The molecule has 0 saturated heterocycles. The second kappa shape index (κ2) is 4.22. The normalized spacial score (nSPS) is 17.7. The van der Waals surface area contributed by atoms with Gasteiger partial charge in [-0.15, -0.1) is 0 Å². The van der Waals surface area contributed by atoms with Gasteiger partial charge in [-0.1, -0.05) is 17.7 Å². The van der Waals surface area contributed by atoms with Crippen LogP contribution in [-0.2, 0) is 4.74 Å². The second-order valence-electron chi connectivity index (χ2n) is 4.33. The molecule has 80 valence electrons. The summed E-state index contributed by atoms with van der Waals surface area (Å²) in [6, 6.07) is 0. The summed E-state index contributed by atoms with van der Waals surface area (Å²) >= 11 is 5.80. The highest BCUT2D eigenvalue weighted by atomic mass is 35.5. The lowest BCUT2D eigenvalue weighted by Crippen LogP contribution is -2.38. The van der Waals surface area contributed by atoms with Gasteiger partial charge in [0.1, 0.15) is 5.60 Å². The van der Waals surface area contributed by atoms with Crippen LogP contribution in [0.3, 0.4) is 0 Å². The number of carbonyl (C=O) groups is 1. The van der Waals surface area contributed by atoms with Gasteiger partial charge >= 0.3 is 6.09 Å². The number of ether oxygens (including phenoxy) is 1. The van der Waals surface area contributed by atoms with Crippen LogP contribution in [0.4, 0.5) is 4.79 Å². The van der Waals surface area contributed by atoms with Crippen molar-refractivity contribution in [3.63, 3.8) is 0 Å². The first-order valence-corrected chi connectivity index (χ1v) is 5.09. The van der Waals surface area contributed by atoms with E-state index in [-0.39, 0.29) is 6.09 Å². The van der Waals surface area contributed by atoms with Gasteiger partial charge in [0.2, 0.25) is 0 Å². The molecular weight excluding hydrogens is 202 g/mol. The summed E-state index contributed by atoms with van der Waals surface area (Å²) in [5, 5.41) is 0.824. The summed E-state index contributed by atoms with van der Waals surface area (Å²) in [6.45, 7) is 6.77. The lowest BCUT2D eigenvalue weighted by atomic mass is 10.2. The average Bonchev–Trinajstić information content (AvgIpc) is 2.02. The fourth-order valence-corrected chi connectivity index (χ4v) is 1.29. The highest BCUT2D eigenvalue weighted by Gasteiger charge is 2.22. The third-order valence-corrected chi connectivity index (χ3v) is 2.15. The third-order valence-electron chi connectivity index (χ3n) is 1.81. The van der Waals surface area contributed by atoms with Gasteiger partial charge < -0.3 is 9.64 Å². The van der Waals surface area contributed by atoms with E-state index >= 15 is 0 Å². The Balaban J connectivity index is 2.47. The number of amides is 1. The number of hydrogen-bond acceptors (Lipinski definition) is 2. The van der Waals surface area contributed by atoms with E-state index in [2.05, 4.69) is 0 Å². The van der Waals surface area contributed by atoms with Gasteiger partial charge in [0.25, 0.3) is 0 Å². The van der Waals surface area contributed by atoms with Gasteiger partial charge in [-0.25, -0.2) is 4.79 Å². The van der Waals surface area contributed by atoms with Gasteiger partial charge in [-0.2, -0.15) is 0 Å². The Morgan fingerprint density at radius 3 is 2.64 bits per heavy atom. The van der Waals surface area contributed by atoms with Crippen LogP contribution >= 0.6 is 11.6 Å². The van der Waals surface area contributed by atoms with Crippen LogP contribution in [0.15, 0.2) is 11.1 Å². The van der Waals surface area contributed by atoms with E-state index in [1.807, 2.05) is 26.8 Å². The first-order chi connectivity index (χ1) is 6.38. The zero-order valence-electron chi connectivity index (χ0n) is 8.84. The summed E-state index contributed by atoms with van der Waals surface area (Å²) < 4.78 is 5.23. The van der Waals surface area contributed by atoms with E-state index in [0.717, 1.165) is 11.5 Å². The molecule has 0 aliphatic carbocycles. The molecule has 0 bridgehead atoms. The monoisotopic (exact) mass is 217 g/mol. The largest absolute Gasteiger partial charge is 0.444 e. The van der Waals surface area contributed by atoms with Crippen molar-refractivity contribution in [1.82, 2.24) is 4.90 Å². The molecule has 0 aromatic heterocycles. The number of halogens is 1. The van der Waals surface area contributed by atoms with E-state index in [1.165, 1.54) is 0 Å². The van der Waals surface area contributed by atoms with Crippen LogP contribution in [0.2, 0.25) is 0 Å². The lowest BCUT2D eigenvalue weighted by molar-refractivity contribution is 0.0267. The fourth-order valence-electron chi connectivity index (χ4n) is 1.14. The van der Waals surface area contributed by atoms with Gasteiger partial charge in [-0.05, 0) is 20.8 Å². The smallest absolute Gasteiger partial charge is 0.410 e. The van der Waals surface area contributed by atoms with Crippen LogP contribution in [0.5, 0.6) is 0 Å². The number of carbonyl (C=O) groups excluding carboxylic acids is 1. The maximum Gasteiger partial charge on any atom is 0.410 e. The molecule has 0 radical (unpaired) electrons. The molecule has 0 atom stereocenters. The lowest BCUT2D eigenvalue weighted by Gasteiger charge is -2.28. The summed E-state index contributed by atoms with van der Waals surface area (Å²) in [7, 11) is 0. The van der Waals surface area contributed by atoms with E-state index in [4.69, 9.17) is 16.3 Å². The van der Waals surface area contributed by atoms with E-state index in [1.54, 1.807) is 4.90 Å². The molecule has 1 heterocycles. The van der Waals surface area contributed by atoms with Crippen LogP contribution < -0.4 is 0 Å². The zero-order valence-corrected chi connectivity index (χ0v) is 9.60. The van der Waals surface area contributed by atoms with Crippen molar-refractivity contribution in [1.29, 1.82) is 0 Å². The van der Waals surface area contributed by atoms with E-state index < -0.39 is 5.60 Å². The van der Waals surface area contributed by atoms with Crippen LogP contribution in [0.25, 0.3) is 0 Å². The Labute approximate surface area is 89.7 Å². The molecular formula is C10H16ClNO2. The highest BCUT2D eigenvalue weighted by Crippen LogP contribution is 2.16. The minimum Gasteiger partial charge on any atom is -0.444 e. The van der Waals surface area contributed by atoms with E-state index in [0.29, 0.717) is 13.1 Å². The van der Waals surface area contributed by atoms with Crippen molar-refractivity contribution in [2.24, 2.45) is 0 Å².